The SMILES string of the molecule is C=CCOc1ccc2ccccc2c1CNCc1ccccc1. The summed E-state index contributed by atoms with van der Waals surface area (Å²) in [4.78, 5) is 0. The smallest absolute Gasteiger partial charge is 0.124 e. The van der Waals surface area contributed by atoms with Crippen molar-refractivity contribution < 1.29 is 4.74 Å². The van der Waals surface area contributed by atoms with Gasteiger partial charge in [-0.2, -0.15) is 0 Å². The monoisotopic (exact) mass is 303 g/mol. The number of rotatable bonds is 7. The summed E-state index contributed by atoms with van der Waals surface area (Å²) in [5.74, 6) is 0.921. The molecule has 0 saturated carbocycles. The summed E-state index contributed by atoms with van der Waals surface area (Å²) in [6, 6.07) is 23.0. The Kier molecular flexibility index (Phi) is 5.07. The fraction of sp³-hybridized carbons (Fsp3) is 0.143. The van der Waals surface area contributed by atoms with E-state index < -0.39 is 0 Å². The van der Waals surface area contributed by atoms with E-state index in [-0.39, 0.29) is 0 Å². The molecule has 0 heterocycles. The Morgan fingerprint density at radius 1 is 0.870 bits per heavy atom. The average molecular weight is 303 g/mol. The molecule has 0 bridgehead atoms. The minimum atomic E-state index is 0.518. The largest absolute Gasteiger partial charge is 0.489 e. The third-order valence-electron chi connectivity index (χ3n) is 3.83. The Balaban J connectivity index is 1.82. The molecule has 2 heteroatoms. The Bertz CT molecular complexity index is 780. The molecule has 3 aromatic carbocycles. The molecule has 0 radical (unpaired) electrons. The summed E-state index contributed by atoms with van der Waals surface area (Å²) in [5.41, 5.74) is 2.47. The molecule has 0 spiro atoms. The van der Waals surface area contributed by atoms with Crippen LogP contribution in [0.15, 0.2) is 79.4 Å². The van der Waals surface area contributed by atoms with Gasteiger partial charge < -0.3 is 10.1 Å². The summed E-state index contributed by atoms with van der Waals surface area (Å²) in [6.07, 6.45) is 1.77. The Labute approximate surface area is 137 Å². The second-order valence-electron chi connectivity index (χ2n) is 5.45. The van der Waals surface area contributed by atoms with Gasteiger partial charge in [0.25, 0.3) is 0 Å². The standard InChI is InChI=1S/C21H21NO/c1-2-14-23-21-13-12-18-10-6-7-11-19(18)20(21)16-22-15-17-8-4-3-5-9-17/h2-13,22H,1,14-16H2. The molecule has 23 heavy (non-hydrogen) atoms. The van der Waals surface area contributed by atoms with E-state index in [4.69, 9.17) is 4.74 Å². The first kappa shape index (κ1) is 15.3. The zero-order valence-electron chi connectivity index (χ0n) is 13.2. The molecule has 1 N–H and O–H groups in total. The van der Waals surface area contributed by atoms with E-state index in [2.05, 4.69) is 66.5 Å². The highest BCUT2D eigenvalue weighted by molar-refractivity contribution is 5.87. The van der Waals surface area contributed by atoms with Crippen molar-refractivity contribution >= 4 is 10.8 Å². The van der Waals surface area contributed by atoms with Crippen LogP contribution in [0.5, 0.6) is 5.75 Å². The summed E-state index contributed by atoms with van der Waals surface area (Å²) in [5, 5.41) is 5.98. The van der Waals surface area contributed by atoms with Gasteiger partial charge in [-0.3, -0.25) is 0 Å². The van der Waals surface area contributed by atoms with E-state index in [0.717, 1.165) is 18.8 Å². The Hall–Kier alpha value is -2.58. The van der Waals surface area contributed by atoms with Gasteiger partial charge in [0.05, 0.1) is 0 Å². The van der Waals surface area contributed by atoms with Crippen LogP contribution in [0.4, 0.5) is 0 Å². The number of hydrogen-bond donors (Lipinski definition) is 1. The van der Waals surface area contributed by atoms with Crippen LogP contribution in [0.2, 0.25) is 0 Å². The van der Waals surface area contributed by atoms with Crippen LogP contribution in [0.25, 0.3) is 10.8 Å². The first-order chi connectivity index (χ1) is 11.4. The molecule has 0 aromatic heterocycles. The lowest BCUT2D eigenvalue weighted by molar-refractivity contribution is 0.358. The van der Waals surface area contributed by atoms with Gasteiger partial charge in [0, 0.05) is 18.7 Å². The third kappa shape index (κ3) is 3.79. The lowest BCUT2D eigenvalue weighted by Gasteiger charge is -2.14. The fourth-order valence-electron chi connectivity index (χ4n) is 2.71. The van der Waals surface area contributed by atoms with E-state index in [0.29, 0.717) is 6.61 Å². The van der Waals surface area contributed by atoms with Crippen molar-refractivity contribution in [2.24, 2.45) is 0 Å². The van der Waals surface area contributed by atoms with Crippen molar-refractivity contribution in [3.05, 3.63) is 90.5 Å². The van der Waals surface area contributed by atoms with Crippen molar-refractivity contribution in [2.45, 2.75) is 13.1 Å². The molecule has 0 fully saturated rings. The van der Waals surface area contributed by atoms with Crippen LogP contribution < -0.4 is 10.1 Å². The van der Waals surface area contributed by atoms with Crippen molar-refractivity contribution in [2.75, 3.05) is 6.61 Å². The number of hydrogen-bond acceptors (Lipinski definition) is 2. The van der Waals surface area contributed by atoms with Crippen LogP contribution in [0, 0.1) is 0 Å². The molecule has 0 saturated heterocycles. The number of nitrogens with one attached hydrogen (secondary N) is 1. The maximum Gasteiger partial charge on any atom is 0.124 e. The molecule has 0 aliphatic heterocycles. The lowest BCUT2D eigenvalue weighted by atomic mass is 10.0. The zero-order chi connectivity index (χ0) is 15.9. The predicted molar refractivity (Wildman–Crippen MR) is 96.6 cm³/mol. The Morgan fingerprint density at radius 3 is 2.48 bits per heavy atom. The number of benzene rings is 3. The molecule has 0 unspecified atom stereocenters. The minimum Gasteiger partial charge on any atom is -0.489 e. The lowest BCUT2D eigenvalue weighted by Crippen LogP contribution is -2.14. The molecule has 0 atom stereocenters. The zero-order valence-corrected chi connectivity index (χ0v) is 13.2. The molecule has 0 aliphatic carbocycles. The molecule has 0 aliphatic rings. The van der Waals surface area contributed by atoms with Gasteiger partial charge in [0.2, 0.25) is 0 Å². The van der Waals surface area contributed by atoms with E-state index in [1.165, 1.54) is 21.9 Å². The maximum absolute atomic E-state index is 5.84. The molecular formula is C21H21NO. The van der Waals surface area contributed by atoms with Gasteiger partial charge in [-0.05, 0) is 22.4 Å². The molecule has 0 amide bonds. The molecule has 3 aromatic rings. The summed E-state index contributed by atoms with van der Waals surface area (Å²) < 4.78 is 5.84. The second kappa shape index (κ2) is 7.61. The number of fused-ring (bicyclic) bond motifs is 1. The van der Waals surface area contributed by atoms with Crippen LogP contribution in [-0.2, 0) is 13.1 Å². The van der Waals surface area contributed by atoms with E-state index >= 15 is 0 Å². The molecule has 116 valence electrons. The summed E-state index contributed by atoms with van der Waals surface area (Å²) >= 11 is 0. The molecular weight excluding hydrogens is 282 g/mol. The van der Waals surface area contributed by atoms with Crippen molar-refractivity contribution in [1.82, 2.24) is 5.32 Å². The first-order valence-electron chi connectivity index (χ1n) is 7.87. The van der Waals surface area contributed by atoms with Crippen molar-refractivity contribution in [3.63, 3.8) is 0 Å². The Morgan fingerprint density at radius 2 is 1.65 bits per heavy atom. The van der Waals surface area contributed by atoms with Crippen LogP contribution in [0.1, 0.15) is 11.1 Å². The van der Waals surface area contributed by atoms with Crippen LogP contribution in [-0.4, -0.2) is 6.61 Å². The quantitative estimate of drug-likeness (QED) is 0.639. The van der Waals surface area contributed by atoms with Gasteiger partial charge in [0.15, 0.2) is 0 Å². The fourth-order valence-corrected chi connectivity index (χ4v) is 2.71. The summed E-state index contributed by atoms with van der Waals surface area (Å²) in [6.45, 7) is 5.85. The van der Waals surface area contributed by atoms with Gasteiger partial charge in [-0.1, -0.05) is 73.3 Å². The predicted octanol–water partition coefficient (Wildman–Crippen LogP) is 4.69. The minimum absolute atomic E-state index is 0.518. The van der Waals surface area contributed by atoms with E-state index in [1.807, 2.05) is 12.1 Å². The highest BCUT2D eigenvalue weighted by atomic mass is 16.5. The third-order valence-corrected chi connectivity index (χ3v) is 3.83. The van der Waals surface area contributed by atoms with Gasteiger partial charge in [0.1, 0.15) is 12.4 Å². The summed E-state index contributed by atoms with van der Waals surface area (Å²) in [7, 11) is 0. The molecule has 2 nitrogen and oxygen atoms in total. The maximum atomic E-state index is 5.84. The van der Waals surface area contributed by atoms with Crippen LogP contribution in [0.3, 0.4) is 0 Å². The second-order valence-corrected chi connectivity index (χ2v) is 5.45. The molecule has 3 rings (SSSR count). The first-order valence-corrected chi connectivity index (χ1v) is 7.87. The van der Waals surface area contributed by atoms with Gasteiger partial charge in [-0.25, -0.2) is 0 Å². The van der Waals surface area contributed by atoms with Gasteiger partial charge >= 0.3 is 0 Å². The normalized spacial score (nSPS) is 10.6. The highest BCUT2D eigenvalue weighted by Crippen LogP contribution is 2.28. The van der Waals surface area contributed by atoms with Crippen molar-refractivity contribution in [3.8, 4) is 5.75 Å². The van der Waals surface area contributed by atoms with Crippen LogP contribution >= 0.6 is 0 Å². The average Bonchev–Trinajstić information content (AvgIpc) is 2.61. The topological polar surface area (TPSA) is 21.3 Å². The highest BCUT2D eigenvalue weighted by Gasteiger charge is 2.08. The number of ether oxygens (including phenoxy) is 1. The van der Waals surface area contributed by atoms with E-state index in [9.17, 15) is 0 Å². The van der Waals surface area contributed by atoms with Crippen molar-refractivity contribution in [1.29, 1.82) is 0 Å². The van der Waals surface area contributed by atoms with Gasteiger partial charge in [-0.15, -0.1) is 0 Å². The van der Waals surface area contributed by atoms with E-state index in [1.54, 1.807) is 6.08 Å².